The fourth-order valence-electron chi connectivity index (χ4n) is 2.81. The van der Waals surface area contributed by atoms with E-state index in [0.717, 1.165) is 17.4 Å². The highest BCUT2D eigenvalue weighted by atomic mass is 16.2. The zero-order valence-electron chi connectivity index (χ0n) is 16.0. The summed E-state index contributed by atoms with van der Waals surface area (Å²) < 4.78 is 3.04. The van der Waals surface area contributed by atoms with Gasteiger partial charge in [-0.15, -0.1) is 0 Å². The van der Waals surface area contributed by atoms with E-state index in [1.165, 1.54) is 11.6 Å². The van der Waals surface area contributed by atoms with Gasteiger partial charge in [0.25, 0.3) is 0 Å². The van der Waals surface area contributed by atoms with Crippen molar-refractivity contribution in [2.24, 2.45) is 7.05 Å². The lowest BCUT2D eigenvalue weighted by molar-refractivity contribution is -0.124. The molecule has 0 saturated heterocycles. The number of aromatic nitrogens is 2. The molecule has 0 radical (unpaired) electrons. The summed E-state index contributed by atoms with van der Waals surface area (Å²) in [5, 5.41) is 2.58. The van der Waals surface area contributed by atoms with E-state index < -0.39 is 6.04 Å². The number of likely N-dealkylation sites (N-methyl/N-ethyl adjacent to an activating group) is 1. The van der Waals surface area contributed by atoms with Crippen molar-refractivity contribution in [3.63, 3.8) is 0 Å². The fourth-order valence-corrected chi connectivity index (χ4v) is 2.81. The number of nitrogens with zero attached hydrogens (tertiary/aromatic N) is 2. The maximum atomic E-state index is 12.7. The average Bonchev–Trinajstić information content (AvgIpc) is 2.88. The molecule has 0 bridgehead atoms. The smallest absolute Gasteiger partial charge is 0.329 e. The zero-order valence-corrected chi connectivity index (χ0v) is 16.0. The van der Waals surface area contributed by atoms with Crippen LogP contribution in [-0.4, -0.2) is 28.4 Å². The highest BCUT2D eigenvalue weighted by Crippen LogP contribution is 2.24. The van der Waals surface area contributed by atoms with Gasteiger partial charge >= 0.3 is 5.69 Å². The Balaban J connectivity index is 0.00000151. The largest absolute Gasteiger partial charge is 0.357 e. The Hall–Kier alpha value is -2.37. The van der Waals surface area contributed by atoms with Crippen molar-refractivity contribution in [1.82, 2.24) is 14.5 Å². The summed E-state index contributed by atoms with van der Waals surface area (Å²) in [7, 11) is 3.23. The molecule has 0 aliphatic rings. The van der Waals surface area contributed by atoms with Crippen LogP contribution in [0.3, 0.4) is 0 Å². The predicted octanol–water partition coefficient (Wildman–Crippen LogP) is 2.76. The lowest BCUT2D eigenvalue weighted by Gasteiger charge is -2.16. The van der Waals surface area contributed by atoms with Gasteiger partial charge in [-0.1, -0.05) is 33.8 Å². The molecule has 6 heteroatoms. The first-order chi connectivity index (χ1) is 11.9. The van der Waals surface area contributed by atoms with Crippen LogP contribution in [0, 0.1) is 0 Å². The number of amides is 1. The Morgan fingerprint density at radius 3 is 2.40 bits per heavy atom. The molecular weight excluding hydrogens is 318 g/mol. The summed E-state index contributed by atoms with van der Waals surface area (Å²) in [6, 6.07) is 5.15. The van der Waals surface area contributed by atoms with E-state index in [1.807, 2.05) is 32.0 Å². The first kappa shape index (κ1) is 20.7. The van der Waals surface area contributed by atoms with Crippen LogP contribution in [0.5, 0.6) is 0 Å². The molecule has 0 aliphatic heterocycles. The molecule has 0 saturated carbocycles. The van der Waals surface area contributed by atoms with Crippen molar-refractivity contribution >= 4 is 23.2 Å². The van der Waals surface area contributed by atoms with Crippen molar-refractivity contribution in [2.45, 2.75) is 52.5 Å². The summed E-state index contributed by atoms with van der Waals surface area (Å²) >= 11 is 0. The number of aryl methyl sites for hydroxylation is 1. The lowest BCUT2D eigenvalue weighted by Crippen LogP contribution is -2.36. The van der Waals surface area contributed by atoms with Crippen molar-refractivity contribution in [1.29, 1.82) is 0 Å². The number of benzene rings is 1. The summed E-state index contributed by atoms with van der Waals surface area (Å²) in [5.74, 6) is 0.0806. The highest BCUT2D eigenvalue weighted by Gasteiger charge is 2.24. The van der Waals surface area contributed by atoms with Gasteiger partial charge in [-0.2, -0.15) is 0 Å². The normalized spacial score (nSPS) is 11.8. The molecule has 2 rings (SSSR count). The molecule has 0 fully saturated rings. The molecule has 0 spiro atoms. The van der Waals surface area contributed by atoms with Crippen molar-refractivity contribution < 1.29 is 9.59 Å². The van der Waals surface area contributed by atoms with E-state index in [-0.39, 0.29) is 18.0 Å². The third kappa shape index (κ3) is 4.18. The van der Waals surface area contributed by atoms with Crippen molar-refractivity contribution in [3.8, 4) is 0 Å². The second-order valence-electron chi connectivity index (χ2n) is 5.99. The van der Waals surface area contributed by atoms with Crippen LogP contribution in [0.4, 0.5) is 0 Å². The highest BCUT2D eigenvalue weighted by molar-refractivity contribution is 5.84. The molecule has 1 unspecified atom stereocenters. The number of carbonyl (C=O) groups excluding carboxylic acids is 2. The lowest BCUT2D eigenvalue weighted by atomic mass is 10.0. The number of nitrogens with one attached hydrogen (secondary N) is 1. The van der Waals surface area contributed by atoms with E-state index in [4.69, 9.17) is 0 Å². The van der Waals surface area contributed by atoms with Gasteiger partial charge in [0.15, 0.2) is 0 Å². The number of aldehydes is 1. The van der Waals surface area contributed by atoms with Crippen LogP contribution in [-0.2, 0) is 16.6 Å². The molecule has 0 aliphatic carbocycles. The summed E-state index contributed by atoms with van der Waals surface area (Å²) in [4.78, 5) is 35.6. The van der Waals surface area contributed by atoms with Gasteiger partial charge in [0.1, 0.15) is 12.3 Å². The second kappa shape index (κ2) is 9.20. The quantitative estimate of drug-likeness (QED) is 0.817. The minimum atomic E-state index is -0.689. The Bertz CT molecular complexity index is 787. The van der Waals surface area contributed by atoms with E-state index in [1.54, 1.807) is 11.6 Å². The van der Waals surface area contributed by atoms with E-state index in [2.05, 4.69) is 19.2 Å². The number of fused-ring (bicyclic) bond motifs is 1. The number of carbonyl (C=O) groups is 2. The molecule has 2 aromatic rings. The minimum Gasteiger partial charge on any atom is -0.357 e. The first-order valence-corrected chi connectivity index (χ1v) is 8.78. The Morgan fingerprint density at radius 1 is 1.24 bits per heavy atom. The number of hydrogen-bond donors (Lipinski definition) is 1. The van der Waals surface area contributed by atoms with Crippen LogP contribution < -0.4 is 11.0 Å². The van der Waals surface area contributed by atoms with Gasteiger partial charge in [0.2, 0.25) is 5.91 Å². The standard InChI is InChI=1S/C17H23N3O3.C2H6/c1-11(2)12-7-8-13-15(10-12)19(4)17(23)20(13)14(6-5-9-21)16(22)18-3;1-2/h7-11,14H,5-6H2,1-4H3,(H,18,22);1-2H3. The summed E-state index contributed by atoms with van der Waals surface area (Å²) in [6.07, 6.45) is 1.29. The molecule has 138 valence electrons. The van der Waals surface area contributed by atoms with Gasteiger partial charge in [-0.25, -0.2) is 4.79 Å². The third-order valence-electron chi connectivity index (χ3n) is 4.20. The molecule has 25 heavy (non-hydrogen) atoms. The van der Waals surface area contributed by atoms with Gasteiger partial charge in [-0.3, -0.25) is 13.9 Å². The summed E-state index contributed by atoms with van der Waals surface area (Å²) in [5.41, 5.74) is 2.39. The van der Waals surface area contributed by atoms with Gasteiger partial charge < -0.3 is 10.1 Å². The summed E-state index contributed by atoms with van der Waals surface area (Å²) in [6.45, 7) is 8.18. The molecule has 1 aromatic heterocycles. The Kier molecular flexibility index (Phi) is 7.61. The molecular formula is C19H29N3O3. The van der Waals surface area contributed by atoms with Gasteiger partial charge in [0, 0.05) is 20.5 Å². The maximum Gasteiger partial charge on any atom is 0.329 e. The number of hydrogen-bond acceptors (Lipinski definition) is 3. The van der Waals surface area contributed by atoms with Gasteiger partial charge in [-0.05, 0) is 30.0 Å². The van der Waals surface area contributed by atoms with E-state index >= 15 is 0 Å². The number of rotatable bonds is 6. The molecule has 1 amide bonds. The van der Waals surface area contributed by atoms with Crippen molar-refractivity contribution in [2.75, 3.05) is 7.05 Å². The zero-order chi connectivity index (χ0) is 19.1. The molecule has 1 N–H and O–H groups in total. The fraction of sp³-hybridized carbons (Fsp3) is 0.526. The molecule has 6 nitrogen and oxygen atoms in total. The topological polar surface area (TPSA) is 73.1 Å². The number of imidazole rings is 1. The van der Waals surface area contributed by atoms with Crippen LogP contribution in [0.1, 0.15) is 58.1 Å². The molecule has 1 heterocycles. The second-order valence-corrected chi connectivity index (χ2v) is 5.99. The molecule has 1 atom stereocenters. The van der Waals surface area contributed by atoms with Crippen LogP contribution in [0.25, 0.3) is 11.0 Å². The van der Waals surface area contributed by atoms with Crippen LogP contribution >= 0.6 is 0 Å². The van der Waals surface area contributed by atoms with Crippen molar-refractivity contribution in [3.05, 3.63) is 34.2 Å². The van der Waals surface area contributed by atoms with Gasteiger partial charge in [0.05, 0.1) is 11.0 Å². The van der Waals surface area contributed by atoms with Crippen LogP contribution in [0.15, 0.2) is 23.0 Å². The maximum absolute atomic E-state index is 12.7. The third-order valence-corrected chi connectivity index (χ3v) is 4.20. The Morgan fingerprint density at radius 2 is 1.88 bits per heavy atom. The Labute approximate surface area is 148 Å². The minimum absolute atomic E-state index is 0.227. The molecule has 1 aromatic carbocycles. The predicted molar refractivity (Wildman–Crippen MR) is 101 cm³/mol. The monoisotopic (exact) mass is 347 g/mol. The SMILES string of the molecule is CC.CNC(=O)C(CCC=O)n1c(=O)n(C)c2cc(C(C)C)ccc21. The van der Waals surface area contributed by atoms with E-state index in [9.17, 15) is 14.4 Å². The average molecular weight is 347 g/mol. The first-order valence-electron chi connectivity index (χ1n) is 8.78. The van der Waals surface area contributed by atoms with E-state index in [0.29, 0.717) is 17.9 Å². The van der Waals surface area contributed by atoms with Crippen LogP contribution in [0.2, 0.25) is 0 Å².